The van der Waals surface area contributed by atoms with E-state index in [1.54, 1.807) is 11.8 Å². The second-order valence-electron chi connectivity index (χ2n) is 5.70. The van der Waals surface area contributed by atoms with Gasteiger partial charge in [-0.15, -0.1) is 11.8 Å². The number of hydrogen-bond donors (Lipinski definition) is 0. The van der Waals surface area contributed by atoms with Gasteiger partial charge in [-0.25, -0.2) is 0 Å². The fourth-order valence-corrected chi connectivity index (χ4v) is 3.06. The van der Waals surface area contributed by atoms with Gasteiger partial charge in [0.2, 0.25) is 0 Å². The van der Waals surface area contributed by atoms with Crippen LogP contribution in [-0.4, -0.2) is 24.6 Å². The molecule has 0 amide bonds. The summed E-state index contributed by atoms with van der Waals surface area (Å²) < 4.78 is 11.8. The molecule has 0 bridgehead atoms. The highest BCUT2D eigenvalue weighted by Gasteiger charge is 2.13. The van der Waals surface area contributed by atoms with Crippen LogP contribution in [-0.2, 0) is 4.74 Å². The highest BCUT2D eigenvalue weighted by molar-refractivity contribution is 7.99. The van der Waals surface area contributed by atoms with Gasteiger partial charge in [-0.3, -0.25) is 0 Å². The summed E-state index contributed by atoms with van der Waals surface area (Å²) in [5, 5.41) is 0.757. The lowest BCUT2D eigenvalue weighted by atomic mass is 10.2. The van der Waals surface area contributed by atoms with Crippen LogP contribution in [0.1, 0.15) is 19.4 Å². The Morgan fingerprint density at radius 3 is 2.26 bits per heavy atom. The fourth-order valence-electron chi connectivity index (χ4n) is 2.06. The third-order valence-electron chi connectivity index (χ3n) is 3.17. The Kier molecular flexibility index (Phi) is 7.28. The molecule has 0 aromatic heterocycles. The molecule has 1 atom stereocenters. The first-order valence-electron chi connectivity index (χ1n) is 7.76. The van der Waals surface area contributed by atoms with E-state index in [9.17, 15) is 0 Å². The molecule has 0 heterocycles. The number of benzene rings is 2. The van der Waals surface area contributed by atoms with E-state index in [1.165, 1.54) is 10.5 Å². The maximum Gasteiger partial charge on any atom is 0.119 e. The van der Waals surface area contributed by atoms with Crippen molar-refractivity contribution in [2.24, 2.45) is 0 Å². The van der Waals surface area contributed by atoms with Crippen molar-refractivity contribution in [1.29, 1.82) is 0 Å². The SMILES string of the molecule is Cc1ccc(OCC(CSc2ccc(Cl)cc2)OC(C)C)cc1. The molecule has 0 N–H and O–H groups in total. The van der Waals surface area contributed by atoms with Crippen LogP contribution in [0.5, 0.6) is 5.75 Å². The number of aryl methyl sites for hydroxylation is 1. The van der Waals surface area contributed by atoms with Gasteiger partial charge in [0.05, 0.1) is 6.10 Å². The van der Waals surface area contributed by atoms with Crippen molar-refractivity contribution in [1.82, 2.24) is 0 Å². The minimum Gasteiger partial charge on any atom is -0.491 e. The van der Waals surface area contributed by atoms with Crippen LogP contribution >= 0.6 is 23.4 Å². The lowest BCUT2D eigenvalue weighted by Gasteiger charge is -2.20. The van der Waals surface area contributed by atoms with Crippen LogP contribution < -0.4 is 4.74 Å². The van der Waals surface area contributed by atoms with Crippen LogP contribution in [0.3, 0.4) is 0 Å². The largest absolute Gasteiger partial charge is 0.491 e. The van der Waals surface area contributed by atoms with E-state index in [0.717, 1.165) is 16.5 Å². The number of halogens is 1. The van der Waals surface area contributed by atoms with Crippen LogP contribution in [0.2, 0.25) is 5.02 Å². The summed E-state index contributed by atoms with van der Waals surface area (Å²) >= 11 is 7.67. The van der Waals surface area contributed by atoms with E-state index in [1.807, 2.05) is 50.2 Å². The Hall–Kier alpha value is -1.16. The molecule has 0 saturated heterocycles. The van der Waals surface area contributed by atoms with Gasteiger partial charge in [0.1, 0.15) is 18.5 Å². The summed E-state index contributed by atoms with van der Waals surface area (Å²) in [7, 11) is 0. The zero-order valence-corrected chi connectivity index (χ0v) is 15.4. The Balaban J connectivity index is 1.88. The molecule has 23 heavy (non-hydrogen) atoms. The lowest BCUT2D eigenvalue weighted by Crippen LogP contribution is -2.27. The first kappa shape index (κ1) is 18.2. The molecule has 124 valence electrons. The Bertz CT molecular complexity index is 532. The maximum atomic E-state index is 5.97. The van der Waals surface area contributed by atoms with E-state index < -0.39 is 0 Å². The topological polar surface area (TPSA) is 18.5 Å². The van der Waals surface area contributed by atoms with Crippen LogP contribution in [0.25, 0.3) is 0 Å². The van der Waals surface area contributed by atoms with Gasteiger partial charge in [0.15, 0.2) is 0 Å². The summed E-state index contributed by atoms with van der Waals surface area (Å²) in [5.74, 6) is 1.72. The molecule has 2 nitrogen and oxygen atoms in total. The molecular weight excluding hydrogens is 328 g/mol. The first-order valence-corrected chi connectivity index (χ1v) is 9.12. The van der Waals surface area contributed by atoms with E-state index in [0.29, 0.717) is 6.61 Å². The van der Waals surface area contributed by atoms with Gasteiger partial charge in [-0.1, -0.05) is 29.3 Å². The molecule has 0 spiro atoms. The summed E-state index contributed by atoms with van der Waals surface area (Å²) in [6.45, 7) is 6.71. The lowest BCUT2D eigenvalue weighted by molar-refractivity contribution is -0.00354. The molecule has 0 aliphatic rings. The van der Waals surface area contributed by atoms with Crippen molar-refractivity contribution in [2.45, 2.75) is 37.9 Å². The molecule has 0 aliphatic carbocycles. The number of hydrogen-bond acceptors (Lipinski definition) is 3. The van der Waals surface area contributed by atoms with Gasteiger partial charge in [-0.05, 0) is 57.2 Å². The minimum atomic E-state index is 0.0389. The average molecular weight is 351 g/mol. The van der Waals surface area contributed by atoms with Gasteiger partial charge >= 0.3 is 0 Å². The molecule has 0 radical (unpaired) electrons. The van der Waals surface area contributed by atoms with E-state index >= 15 is 0 Å². The van der Waals surface area contributed by atoms with Crippen molar-refractivity contribution >= 4 is 23.4 Å². The molecule has 1 unspecified atom stereocenters. The minimum absolute atomic E-state index is 0.0389. The molecule has 0 saturated carbocycles. The summed E-state index contributed by atoms with van der Waals surface area (Å²) in [6.07, 6.45) is 0.212. The molecule has 0 fully saturated rings. The zero-order valence-electron chi connectivity index (χ0n) is 13.8. The predicted octanol–water partition coefficient (Wildman–Crippen LogP) is 5.61. The highest BCUT2D eigenvalue weighted by atomic mass is 35.5. The van der Waals surface area contributed by atoms with Crippen LogP contribution in [0.15, 0.2) is 53.4 Å². The number of ether oxygens (including phenoxy) is 2. The summed E-state index contributed by atoms with van der Waals surface area (Å²) in [6, 6.07) is 16.0. The van der Waals surface area contributed by atoms with Crippen LogP contribution in [0, 0.1) is 6.92 Å². The number of rotatable bonds is 8. The molecule has 4 heteroatoms. The maximum absolute atomic E-state index is 5.97. The molecule has 0 aliphatic heterocycles. The van der Waals surface area contributed by atoms with E-state index in [-0.39, 0.29) is 12.2 Å². The standard InChI is InChI=1S/C19H23ClO2S/c1-14(2)22-18(12-21-17-8-4-15(3)5-9-17)13-23-19-10-6-16(20)7-11-19/h4-11,14,18H,12-13H2,1-3H3. The smallest absolute Gasteiger partial charge is 0.119 e. The van der Waals surface area contributed by atoms with Gasteiger partial charge in [0.25, 0.3) is 0 Å². The van der Waals surface area contributed by atoms with Gasteiger partial charge in [0, 0.05) is 15.7 Å². The van der Waals surface area contributed by atoms with E-state index in [2.05, 4.69) is 19.1 Å². The van der Waals surface area contributed by atoms with Crippen molar-refractivity contribution < 1.29 is 9.47 Å². The van der Waals surface area contributed by atoms with Gasteiger partial charge < -0.3 is 9.47 Å². The monoisotopic (exact) mass is 350 g/mol. The quantitative estimate of drug-likeness (QED) is 0.576. The third kappa shape index (κ3) is 6.86. The Labute approximate surface area is 148 Å². The molecular formula is C19H23ClO2S. The van der Waals surface area contributed by atoms with Crippen molar-refractivity contribution in [3.63, 3.8) is 0 Å². The zero-order chi connectivity index (χ0) is 16.7. The molecule has 2 rings (SSSR count). The Morgan fingerprint density at radius 1 is 1.00 bits per heavy atom. The summed E-state index contributed by atoms with van der Waals surface area (Å²) in [5.41, 5.74) is 1.23. The first-order chi connectivity index (χ1) is 11.0. The van der Waals surface area contributed by atoms with Crippen LogP contribution in [0.4, 0.5) is 0 Å². The van der Waals surface area contributed by atoms with E-state index in [4.69, 9.17) is 21.1 Å². The number of thioether (sulfide) groups is 1. The fraction of sp³-hybridized carbons (Fsp3) is 0.368. The second kappa shape index (κ2) is 9.21. The predicted molar refractivity (Wildman–Crippen MR) is 98.9 cm³/mol. The molecule has 2 aromatic carbocycles. The highest BCUT2D eigenvalue weighted by Crippen LogP contribution is 2.22. The van der Waals surface area contributed by atoms with Crippen molar-refractivity contribution in [3.8, 4) is 5.75 Å². The second-order valence-corrected chi connectivity index (χ2v) is 7.23. The van der Waals surface area contributed by atoms with Crippen molar-refractivity contribution in [2.75, 3.05) is 12.4 Å². The third-order valence-corrected chi connectivity index (χ3v) is 4.57. The summed E-state index contributed by atoms with van der Waals surface area (Å²) in [4.78, 5) is 1.18. The normalized spacial score (nSPS) is 12.4. The van der Waals surface area contributed by atoms with Gasteiger partial charge in [-0.2, -0.15) is 0 Å². The Morgan fingerprint density at radius 2 is 1.65 bits per heavy atom. The van der Waals surface area contributed by atoms with Crippen molar-refractivity contribution in [3.05, 3.63) is 59.1 Å². The average Bonchev–Trinajstić information content (AvgIpc) is 2.52. The molecule has 2 aromatic rings.